The van der Waals surface area contributed by atoms with E-state index in [1.807, 2.05) is 83.5 Å². The highest BCUT2D eigenvalue weighted by atomic mass is 16.1. The number of nitrogens with zero attached hydrogens (tertiary/aromatic N) is 3. The summed E-state index contributed by atoms with van der Waals surface area (Å²) in [6, 6.07) is 23.8. The van der Waals surface area contributed by atoms with Crippen LogP contribution in [-0.2, 0) is 5.41 Å². The van der Waals surface area contributed by atoms with Crippen LogP contribution in [0.25, 0.3) is 28.0 Å². The molecule has 0 spiro atoms. The van der Waals surface area contributed by atoms with Gasteiger partial charge in [-0.25, -0.2) is 9.97 Å². The van der Waals surface area contributed by atoms with Crippen LogP contribution in [-0.4, -0.2) is 20.3 Å². The van der Waals surface area contributed by atoms with Crippen LogP contribution in [0.3, 0.4) is 0 Å². The van der Waals surface area contributed by atoms with E-state index >= 15 is 0 Å². The Morgan fingerprint density at radius 1 is 0.943 bits per heavy atom. The van der Waals surface area contributed by atoms with Crippen LogP contribution in [0.15, 0.2) is 91.4 Å². The highest BCUT2D eigenvalue weighted by Gasteiger charge is 2.19. The molecular formula is C29H27N5O. The first-order chi connectivity index (χ1) is 16.8. The third-order valence-electron chi connectivity index (χ3n) is 6.03. The molecular weight excluding hydrogens is 434 g/mol. The molecule has 0 aliphatic heterocycles. The van der Waals surface area contributed by atoms with Gasteiger partial charge in [-0.1, -0.05) is 63.2 Å². The average molecular weight is 462 g/mol. The smallest absolute Gasteiger partial charge is 0.249 e. The van der Waals surface area contributed by atoms with Gasteiger partial charge in [-0.05, 0) is 52.4 Å². The molecule has 0 aliphatic rings. The van der Waals surface area contributed by atoms with E-state index in [9.17, 15) is 4.79 Å². The summed E-state index contributed by atoms with van der Waals surface area (Å²) in [5.41, 5.74) is 12.4. The number of anilines is 2. The van der Waals surface area contributed by atoms with Crippen LogP contribution >= 0.6 is 0 Å². The Labute approximate surface area is 204 Å². The van der Waals surface area contributed by atoms with Gasteiger partial charge in [0, 0.05) is 35.4 Å². The summed E-state index contributed by atoms with van der Waals surface area (Å²) >= 11 is 0. The quantitative estimate of drug-likeness (QED) is 0.326. The van der Waals surface area contributed by atoms with Crippen LogP contribution in [0, 0.1) is 0 Å². The van der Waals surface area contributed by atoms with Crippen molar-refractivity contribution in [3.63, 3.8) is 0 Å². The van der Waals surface area contributed by atoms with Crippen molar-refractivity contribution in [2.45, 2.75) is 26.2 Å². The molecule has 5 rings (SSSR count). The third-order valence-corrected chi connectivity index (χ3v) is 6.03. The monoisotopic (exact) mass is 461 g/mol. The van der Waals surface area contributed by atoms with Crippen molar-refractivity contribution in [1.82, 2.24) is 14.4 Å². The van der Waals surface area contributed by atoms with Crippen molar-refractivity contribution in [3.05, 3.63) is 103 Å². The van der Waals surface area contributed by atoms with E-state index < -0.39 is 5.91 Å². The second-order valence-corrected chi connectivity index (χ2v) is 9.58. The van der Waals surface area contributed by atoms with Gasteiger partial charge in [0.15, 0.2) is 11.5 Å². The predicted molar refractivity (Wildman–Crippen MR) is 141 cm³/mol. The maximum absolute atomic E-state index is 12.2. The Hall–Kier alpha value is -4.45. The van der Waals surface area contributed by atoms with Gasteiger partial charge in [0.05, 0.1) is 5.69 Å². The van der Waals surface area contributed by atoms with Crippen molar-refractivity contribution in [3.8, 4) is 22.4 Å². The molecule has 2 aromatic heterocycles. The van der Waals surface area contributed by atoms with Gasteiger partial charge >= 0.3 is 0 Å². The van der Waals surface area contributed by atoms with Crippen molar-refractivity contribution in [1.29, 1.82) is 0 Å². The Morgan fingerprint density at radius 3 is 2.46 bits per heavy atom. The molecule has 0 aliphatic carbocycles. The SMILES string of the molecule is CC(C)(C)c1ccc(C(N)=O)c(-c2cccc(-c3cn4ccnc4c(Nc4ccccc4)n3)c2)c1. The molecule has 1 amide bonds. The van der Waals surface area contributed by atoms with Crippen molar-refractivity contribution in [2.24, 2.45) is 5.73 Å². The summed E-state index contributed by atoms with van der Waals surface area (Å²) in [7, 11) is 0. The number of fused-ring (bicyclic) bond motifs is 1. The van der Waals surface area contributed by atoms with Crippen LogP contribution in [0.2, 0.25) is 0 Å². The number of primary amides is 1. The molecule has 174 valence electrons. The molecule has 2 heterocycles. The number of aromatic nitrogens is 3. The number of nitrogens with two attached hydrogens (primary N) is 1. The molecule has 35 heavy (non-hydrogen) atoms. The fourth-order valence-corrected chi connectivity index (χ4v) is 4.12. The fraction of sp³-hybridized carbons (Fsp3) is 0.138. The van der Waals surface area contributed by atoms with Crippen molar-refractivity contribution in [2.75, 3.05) is 5.32 Å². The normalized spacial score (nSPS) is 11.5. The topological polar surface area (TPSA) is 85.3 Å². The van der Waals surface area contributed by atoms with Gasteiger partial charge < -0.3 is 15.5 Å². The van der Waals surface area contributed by atoms with Crippen LogP contribution in [0.4, 0.5) is 11.5 Å². The number of para-hydroxylation sites is 1. The molecule has 6 heteroatoms. The molecule has 0 radical (unpaired) electrons. The Kier molecular flexibility index (Phi) is 5.57. The van der Waals surface area contributed by atoms with E-state index in [0.29, 0.717) is 11.4 Å². The minimum absolute atomic E-state index is 0.0610. The molecule has 0 unspecified atom stereocenters. The lowest BCUT2D eigenvalue weighted by atomic mass is 9.84. The molecule has 6 nitrogen and oxygen atoms in total. The lowest BCUT2D eigenvalue weighted by molar-refractivity contribution is 0.100. The Bertz CT molecular complexity index is 1530. The Morgan fingerprint density at radius 2 is 1.71 bits per heavy atom. The van der Waals surface area contributed by atoms with Gasteiger partial charge in [-0.3, -0.25) is 4.79 Å². The number of imidazole rings is 1. The average Bonchev–Trinajstić information content (AvgIpc) is 3.33. The first-order valence-corrected chi connectivity index (χ1v) is 11.5. The van der Waals surface area contributed by atoms with E-state index in [2.05, 4.69) is 37.1 Å². The van der Waals surface area contributed by atoms with Gasteiger partial charge in [0.1, 0.15) is 0 Å². The van der Waals surface area contributed by atoms with Gasteiger partial charge in [-0.15, -0.1) is 0 Å². The van der Waals surface area contributed by atoms with E-state index in [4.69, 9.17) is 10.7 Å². The fourth-order valence-electron chi connectivity index (χ4n) is 4.12. The van der Waals surface area contributed by atoms with Crippen LogP contribution < -0.4 is 11.1 Å². The molecule has 0 fully saturated rings. The number of nitrogens with one attached hydrogen (secondary N) is 1. The van der Waals surface area contributed by atoms with Crippen molar-refractivity contribution >= 4 is 23.1 Å². The van der Waals surface area contributed by atoms with Crippen molar-refractivity contribution < 1.29 is 4.79 Å². The second-order valence-electron chi connectivity index (χ2n) is 9.58. The molecule has 0 saturated heterocycles. The number of carbonyl (C=O) groups is 1. The Balaban J connectivity index is 1.62. The zero-order chi connectivity index (χ0) is 24.6. The van der Waals surface area contributed by atoms with Crippen LogP contribution in [0.1, 0.15) is 36.7 Å². The van der Waals surface area contributed by atoms with E-state index in [0.717, 1.165) is 39.3 Å². The summed E-state index contributed by atoms with van der Waals surface area (Å²) in [6.07, 6.45) is 5.61. The van der Waals surface area contributed by atoms with Gasteiger partial charge in [-0.2, -0.15) is 0 Å². The number of rotatable bonds is 5. The lowest BCUT2D eigenvalue weighted by Crippen LogP contribution is -2.15. The van der Waals surface area contributed by atoms with E-state index in [-0.39, 0.29) is 5.41 Å². The van der Waals surface area contributed by atoms with Gasteiger partial charge in [0.25, 0.3) is 0 Å². The number of amides is 1. The first kappa shape index (κ1) is 22.3. The summed E-state index contributed by atoms with van der Waals surface area (Å²) in [5, 5.41) is 3.38. The number of benzene rings is 3. The minimum Gasteiger partial charge on any atom is -0.366 e. The van der Waals surface area contributed by atoms with Gasteiger partial charge in [0.2, 0.25) is 5.91 Å². The zero-order valence-electron chi connectivity index (χ0n) is 20.0. The largest absolute Gasteiger partial charge is 0.366 e. The van der Waals surface area contributed by atoms with E-state index in [1.54, 1.807) is 6.20 Å². The maximum Gasteiger partial charge on any atom is 0.249 e. The molecule has 0 saturated carbocycles. The summed E-state index contributed by atoms with van der Waals surface area (Å²) in [6.45, 7) is 6.45. The zero-order valence-corrected chi connectivity index (χ0v) is 20.0. The summed E-state index contributed by atoms with van der Waals surface area (Å²) in [5.74, 6) is 0.217. The van der Waals surface area contributed by atoms with Crippen LogP contribution in [0.5, 0.6) is 0 Å². The number of hydrogen-bond acceptors (Lipinski definition) is 4. The molecule has 3 N–H and O–H groups in total. The minimum atomic E-state index is -0.446. The lowest BCUT2D eigenvalue weighted by Gasteiger charge is -2.21. The highest BCUT2D eigenvalue weighted by molar-refractivity contribution is 6.00. The summed E-state index contributed by atoms with van der Waals surface area (Å²) < 4.78 is 1.95. The molecule has 5 aromatic rings. The number of hydrogen-bond donors (Lipinski definition) is 2. The number of carbonyl (C=O) groups excluding carboxylic acids is 1. The standard InChI is InChI=1S/C29H27N5O/c1-29(2,3)21-12-13-23(26(30)35)24(17-21)19-8-7-9-20(16-19)25-18-34-15-14-31-28(34)27(33-25)32-22-10-5-4-6-11-22/h4-18H,1-3H3,(H2,30,35)(H,32,33). The first-order valence-electron chi connectivity index (χ1n) is 11.5. The maximum atomic E-state index is 12.2. The highest BCUT2D eigenvalue weighted by Crippen LogP contribution is 2.33. The molecule has 0 atom stereocenters. The summed E-state index contributed by atoms with van der Waals surface area (Å²) in [4.78, 5) is 21.6. The molecule has 3 aromatic carbocycles. The second kappa shape index (κ2) is 8.72. The third kappa shape index (κ3) is 4.51. The predicted octanol–water partition coefficient (Wildman–Crippen LogP) is 6.20. The molecule has 0 bridgehead atoms. The van der Waals surface area contributed by atoms with E-state index in [1.165, 1.54) is 0 Å².